The number of allylic oxidation sites excluding steroid dienone is 12. The number of hydrogen-bond acceptors (Lipinski definition) is 6. The van der Waals surface area contributed by atoms with Gasteiger partial charge in [-0.3, -0.25) is 14.4 Å². The van der Waals surface area contributed by atoms with E-state index in [2.05, 4.69) is 93.7 Å². The summed E-state index contributed by atoms with van der Waals surface area (Å²) in [7, 11) is 0. The average Bonchev–Trinajstić information content (AvgIpc) is 3.42. The summed E-state index contributed by atoms with van der Waals surface area (Å²) in [6.45, 7) is 6.55. The molecule has 0 N–H and O–H groups in total. The maximum absolute atomic E-state index is 12.9. The fourth-order valence-corrected chi connectivity index (χ4v) is 9.57. The highest BCUT2D eigenvalue weighted by atomic mass is 16.6. The first-order valence-corrected chi connectivity index (χ1v) is 32.9. The Bertz CT molecular complexity index is 1400. The second-order valence-corrected chi connectivity index (χ2v) is 22.0. The summed E-state index contributed by atoms with van der Waals surface area (Å²) in [4.78, 5) is 38.2. The van der Waals surface area contributed by atoms with E-state index in [0.29, 0.717) is 19.3 Å². The molecule has 6 nitrogen and oxygen atoms in total. The molecule has 0 aliphatic rings. The second kappa shape index (κ2) is 64.4. The molecule has 0 rings (SSSR count). The van der Waals surface area contributed by atoms with Gasteiger partial charge < -0.3 is 14.2 Å². The number of carbonyl (C=O) groups is 3. The van der Waals surface area contributed by atoms with Crippen molar-refractivity contribution in [3.8, 4) is 0 Å². The summed E-state index contributed by atoms with van der Waals surface area (Å²) in [6, 6.07) is 0. The molecule has 0 aromatic rings. The average molecular weight is 1060 g/mol. The van der Waals surface area contributed by atoms with Crippen molar-refractivity contribution in [3.05, 3.63) is 72.9 Å². The van der Waals surface area contributed by atoms with Crippen LogP contribution in [0.5, 0.6) is 0 Å². The molecule has 0 saturated carbocycles. The lowest BCUT2D eigenvalue weighted by atomic mass is 10.0. The Morgan fingerprint density at radius 2 is 0.513 bits per heavy atom. The molecule has 0 fully saturated rings. The minimum Gasteiger partial charge on any atom is -0.462 e. The number of rotatable bonds is 60. The number of carbonyl (C=O) groups excluding carboxylic acids is 3. The molecule has 0 amide bonds. The molecule has 0 aromatic carbocycles. The van der Waals surface area contributed by atoms with Gasteiger partial charge in [0.2, 0.25) is 0 Å². The van der Waals surface area contributed by atoms with E-state index < -0.39 is 6.10 Å². The van der Waals surface area contributed by atoms with E-state index in [-0.39, 0.29) is 31.1 Å². The number of hydrogen-bond donors (Lipinski definition) is 0. The van der Waals surface area contributed by atoms with E-state index in [1.165, 1.54) is 199 Å². The minimum atomic E-state index is -0.773. The molecular formula is C70H124O6. The summed E-state index contributed by atoms with van der Waals surface area (Å²) in [5.74, 6) is -0.860. The van der Waals surface area contributed by atoms with Crippen molar-refractivity contribution in [2.45, 2.75) is 341 Å². The first-order valence-electron chi connectivity index (χ1n) is 32.9. The molecule has 0 aromatic heterocycles. The number of esters is 3. The van der Waals surface area contributed by atoms with Gasteiger partial charge in [0.15, 0.2) is 6.10 Å². The first-order chi connectivity index (χ1) is 37.5. The molecule has 0 spiro atoms. The quantitative estimate of drug-likeness (QED) is 0.0261. The third-order valence-corrected chi connectivity index (χ3v) is 14.5. The first kappa shape index (κ1) is 72.8. The van der Waals surface area contributed by atoms with E-state index in [1.807, 2.05) is 0 Å². The van der Waals surface area contributed by atoms with Crippen molar-refractivity contribution in [1.29, 1.82) is 0 Å². The van der Waals surface area contributed by atoms with Crippen molar-refractivity contribution in [3.63, 3.8) is 0 Å². The van der Waals surface area contributed by atoms with Crippen LogP contribution in [0.3, 0.4) is 0 Å². The molecule has 6 heteroatoms. The maximum atomic E-state index is 12.9. The van der Waals surface area contributed by atoms with Crippen molar-refractivity contribution < 1.29 is 28.6 Å². The van der Waals surface area contributed by atoms with Crippen LogP contribution in [0.4, 0.5) is 0 Å². The summed E-state index contributed by atoms with van der Waals surface area (Å²) in [5.41, 5.74) is 0. The molecule has 0 saturated heterocycles. The standard InChI is InChI=1S/C70H124O6/c1-4-7-10-13-16-19-21-23-25-27-29-31-32-33-34-35-36-37-38-39-41-42-44-46-48-51-54-57-60-63-69(72)75-66-67(65-74-68(71)62-59-56-53-50-18-15-12-9-6-3)76-70(73)64-61-58-55-52-49-47-45-43-40-30-28-26-24-22-20-17-14-11-8-5-2/h7,10,16,19,23,25,29,31,33-34,36-37,67H,4-6,8-9,11-15,17-18,20-22,24,26-28,30,32,35,38-66H2,1-3H3/b10-7-,19-16-,25-23-,31-29-,34-33-,37-36-. The van der Waals surface area contributed by atoms with Crippen molar-refractivity contribution in [2.75, 3.05) is 13.2 Å². The number of unbranched alkanes of at least 4 members (excludes halogenated alkanes) is 37. The van der Waals surface area contributed by atoms with E-state index in [9.17, 15) is 14.4 Å². The van der Waals surface area contributed by atoms with Crippen LogP contribution >= 0.6 is 0 Å². The molecule has 440 valence electrons. The minimum absolute atomic E-state index is 0.0714. The molecule has 0 heterocycles. The number of ether oxygens (including phenoxy) is 3. The van der Waals surface area contributed by atoms with Crippen LogP contribution < -0.4 is 0 Å². The van der Waals surface area contributed by atoms with Gasteiger partial charge in [-0.25, -0.2) is 0 Å². The molecule has 0 bridgehead atoms. The molecule has 0 radical (unpaired) electrons. The van der Waals surface area contributed by atoms with Gasteiger partial charge in [0.25, 0.3) is 0 Å². The van der Waals surface area contributed by atoms with Gasteiger partial charge in [-0.15, -0.1) is 0 Å². The predicted molar refractivity (Wildman–Crippen MR) is 330 cm³/mol. The molecular weight excluding hydrogens is 937 g/mol. The van der Waals surface area contributed by atoms with E-state index >= 15 is 0 Å². The third kappa shape index (κ3) is 61.7. The molecule has 0 aliphatic carbocycles. The van der Waals surface area contributed by atoms with Gasteiger partial charge >= 0.3 is 17.9 Å². The lowest BCUT2D eigenvalue weighted by molar-refractivity contribution is -0.167. The van der Waals surface area contributed by atoms with Gasteiger partial charge in [-0.2, -0.15) is 0 Å². The smallest absolute Gasteiger partial charge is 0.306 e. The van der Waals surface area contributed by atoms with Gasteiger partial charge in [0, 0.05) is 19.3 Å². The maximum Gasteiger partial charge on any atom is 0.306 e. The van der Waals surface area contributed by atoms with Crippen LogP contribution in [0.1, 0.15) is 335 Å². The Kier molecular flexibility index (Phi) is 61.7. The van der Waals surface area contributed by atoms with Crippen LogP contribution in [0.15, 0.2) is 72.9 Å². The topological polar surface area (TPSA) is 78.9 Å². The summed E-state index contributed by atoms with van der Waals surface area (Å²) < 4.78 is 16.9. The van der Waals surface area contributed by atoms with Gasteiger partial charge in [-0.1, -0.05) is 318 Å². The molecule has 1 atom stereocenters. The lowest BCUT2D eigenvalue weighted by Gasteiger charge is -2.18. The van der Waals surface area contributed by atoms with Gasteiger partial charge in [0.05, 0.1) is 0 Å². The normalized spacial score (nSPS) is 12.5. The largest absolute Gasteiger partial charge is 0.462 e. The van der Waals surface area contributed by atoms with Crippen LogP contribution in [0.2, 0.25) is 0 Å². The van der Waals surface area contributed by atoms with Crippen molar-refractivity contribution >= 4 is 17.9 Å². The zero-order valence-corrected chi connectivity index (χ0v) is 50.5. The Morgan fingerprint density at radius 1 is 0.276 bits per heavy atom. The van der Waals surface area contributed by atoms with Gasteiger partial charge in [-0.05, 0) is 70.6 Å². The highest BCUT2D eigenvalue weighted by Gasteiger charge is 2.19. The van der Waals surface area contributed by atoms with Crippen LogP contribution in [0.25, 0.3) is 0 Å². The zero-order valence-electron chi connectivity index (χ0n) is 50.5. The lowest BCUT2D eigenvalue weighted by Crippen LogP contribution is -2.30. The fraction of sp³-hybridized carbons (Fsp3) is 0.786. The molecule has 1 unspecified atom stereocenters. The second-order valence-electron chi connectivity index (χ2n) is 22.0. The van der Waals surface area contributed by atoms with Crippen molar-refractivity contribution in [2.24, 2.45) is 0 Å². The Balaban J connectivity index is 4.17. The van der Waals surface area contributed by atoms with Crippen LogP contribution in [0, 0.1) is 0 Å². The van der Waals surface area contributed by atoms with Crippen molar-refractivity contribution in [1.82, 2.24) is 0 Å². The SMILES string of the molecule is CC/C=C\C/C=C\C/C=C\C/C=C\C/C=C\C/C=C\CCCCCCCCCCCCC(=O)OCC(COC(=O)CCCCCCCCCCC)OC(=O)CCCCCCCCCCCCCCCCCCCCCC. The Hall–Kier alpha value is -3.15. The summed E-state index contributed by atoms with van der Waals surface area (Å²) >= 11 is 0. The zero-order chi connectivity index (χ0) is 55.0. The predicted octanol–water partition coefficient (Wildman–Crippen LogP) is 22.5. The molecule has 0 aliphatic heterocycles. The van der Waals surface area contributed by atoms with E-state index in [0.717, 1.165) is 96.3 Å². The monoisotopic (exact) mass is 1060 g/mol. The Labute approximate surface area is 472 Å². The summed E-state index contributed by atoms with van der Waals surface area (Å²) in [5, 5.41) is 0. The highest BCUT2D eigenvalue weighted by Crippen LogP contribution is 2.17. The van der Waals surface area contributed by atoms with E-state index in [4.69, 9.17) is 14.2 Å². The van der Waals surface area contributed by atoms with Gasteiger partial charge in [0.1, 0.15) is 13.2 Å². The molecule has 76 heavy (non-hydrogen) atoms. The summed E-state index contributed by atoms with van der Waals surface area (Å²) in [6.07, 6.45) is 83.5. The van der Waals surface area contributed by atoms with Crippen LogP contribution in [-0.4, -0.2) is 37.2 Å². The van der Waals surface area contributed by atoms with Crippen LogP contribution in [-0.2, 0) is 28.6 Å². The van der Waals surface area contributed by atoms with E-state index in [1.54, 1.807) is 0 Å². The highest BCUT2D eigenvalue weighted by molar-refractivity contribution is 5.71. The Morgan fingerprint density at radius 3 is 0.803 bits per heavy atom. The third-order valence-electron chi connectivity index (χ3n) is 14.5. The fourth-order valence-electron chi connectivity index (χ4n) is 9.57.